The van der Waals surface area contributed by atoms with Crippen molar-refractivity contribution < 1.29 is 42.8 Å². The van der Waals surface area contributed by atoms with Gasteiger partial charge >= 0.3 is 11.8 Å². The number of carboxylic acid groups (broad SMARTS) is 1. The first-order valence-electron chi connectivity index (χ1n) is 16.0. The Morgan fingerprint density at radius 1 is 1.08 bits per heavy atom. The molecule has 3 aliphatic heterocycles. The zero-order valence-electron chi connectivity index (χ0n) is 28.1. The van der Waals surface area contributed by atoms with Crippen molar-refractivity contribution in [2.24, 2.45) is 15.4 Å². The van der Waals surface area contributed by atoms with E-state index in [1.165, 1.54) is 0 Å². The van der Waals surface area contributed by atoms with E-state index in [-0.39, 0.29) is 26.2 Å². The van der Waals surface area contributed by atoms with Gasteiger partial charge in [0.05, 0.1) is 38.1 Å². The van der Waals surface area contributed by atoms with Crippen LogP contribution in [0.3, 0.4) is 0 Å². The lowest BCUT2D eigenvalue weighted by Gasteiger charge is -2.29. The number of nitrogens with zero attached hydrogens (tertiary/aromatic N) is 4. The van der Waals surface area contributed by atoms with Gasteiger partial charge in [0.15, 0.2) is 5.71 Å². The average Bonchev–Trinajstić information content (AvgIpc) is 3.41. The van der Waals surface area contributed by atoms with Crippen LogP contribution < -0.4 is 4.57 Å². The van der Waals surface area contributed by atoms with Gasteiger partial charge in [-0.2, -0.15) is 0 Å². The van der Waals surface area contributed by atoms with Crippen LogP contribution in [-0.2, 0) is 26.9 Å². The molecule has 1 aromatic heterocycles. The van der Waals surface area contributed by atoms with Crippen molar-refractivity contribution in [3.8, 4) is 23.7 Å². The van der Waals surface area contributed by atoms with Gasteiger partial charge in [-0.25, -0.2) is 18.0 Å². The van der Waals surface area contributed by atoms with E-state index in [1.807, 2.05) is 55.3 Å². The average molecular weight is 691 g/mol. The van der Waals surface area contributed by atoms with E-state index < -0.39 is 38.8 Å². The molecule has 0 aliphatic carbocycles. The highest BCUT2D eigenvalue weighted by atomic mass is 32.2. The quantitative estimate of drug-likeness (QED) is 0.110. The van der Waals surface area contributed by atoms with Crippen LogP contribution in [0, 0.1) is 29.1 Å². The fraction of sp³-hybridized carbons (Fsp3) is 0.444. The van der Waals surface area contributed by atoms with Gasteiger partial charge in [0, 0.05) is 35.7 Å². The lowest BCUT2D eigenvalue weighted by Crippen LogP contribution is -2.43. The van der Waals surface area contributed by atoms with Crippen molar-refractivity contribution in [3.05, 3.63) is 70.7 Å². The summed E-state index contributed by atoms with van der Waals surface area (Å²) < 4.78 is 35.4. The van der Waals surface area contributed by atoms with E-state index in [2.05, 4.69) is 37.5 Å². The maximum absolute atomic E-state index is 11.3. The summed E-state index contributed by atoms with van der Waals surface area (Å²) in [5, 5.41) is 37.9. The van der Waals surface area contributed by atoms with E-state index >= 15 is 0 Å². The van der Waals surface area contributed by atoms with Gasteiger partial charge in [0.2, 0.25) is 0 Å². The summed E-state index contributed by atoms with van der Waals surface area (Å²) in [7, 11) is -4.66. The molecule has 0 saturated heterocycles. The number of amidine groups is 1. The van der Waals surface area contributed by atoms with Gasteiger partial charge in [-0.3, -0.25) is 4.79 Å². The highest BCUT2D eigenvalue weighted by Crippen LogP contribution is 2.45. The highest BCUT2D eigenvalue weighted by molar-refractivity contribution is 7.85. The van der Waals surface area contributed by atoms with E-state index in [9.17, 15) is 33.1 Å². The number of rotatable bonds is 12. The maximum Gasteiger partial charge on any atom is 0.327 e. The van der Waals surface area contributed by atoms with Crippen molar-refractivity contribution in [2.45, 2.75) is 71.4 Å². The third-order valence-electron chi connectivity index (χ3n) is 8.52. The van der Waals surface area contributed by atoms with Gasteiger partial charge in [0.1, 0.15) is 37.9 Å². The van der Waals surface area contributed by atoms with Crippen molar-refractivity contribution in [2.75, 3.05) is 25.5 Å². The molecule has 0 bridgehead atoms. The monoisotopic (exact) mass is 690 g/mol. The summed E-state index contributed by atoms with van der Waals surface area (Å²) in [5.74, 6) is 10.7. The van der Waals surface area contributed by atoms with E-state index in [0.29, 0.717) is 30.1 Å². The Hall–Kier alpha value is -4.37. The third kappa shape index (κ3) is 9.21. The Morgan fingerprint density at radius 3 is 2.47 bits per heavy atom. The normalized spacial score (nSPS) is 18.8. The summed E-state index contributed by atoms with van der Waals surface area (Å²) in [4.78, 5) is 22.8. The Morgan fingerprint density at radius 2 is 1.80 bits per heavy atom. The first-order valence-corrected chi connectivity index (χ1v) is 17.5. The van der Waals surface area contributed by atoms with Crippen LogP contribution in [0.15, 0.2) is 69.6 Å². The molecule has 0 aromatic carbocycles. The second kappa shape index (κ2) is 15.5. The lowest BCUT2D eigenvalue weighted by atomic mass is 9.80. The number of allylic oxidation sites excluding steroid dienone is 6. The molecule has 4 heterocycles. The SMILES string of the molecule is CC1(C)C2=CC(C#CCO)=CN(CCCCCC(=O)O)C2=N/C1=C\C=C\C1=Nc2c(cc(C#CCO)c[n+]2CC(O)CS(=O)(=O)[O-])C1(C)C. The van der Waals surface area contributed by atoms with Crippen LogP contribution in [0.4, 0.5) is 5.82 Å². The van der Waals surface area contributed by atoms with Crippen LogP contribution in [0.2, 0.25) is 0 Å². The smallest absolute Gasteiger partial charge is 0.327 e. The molecule has 0 amide bonds. The van der Waals surface area contributed by atoms with Gasteiger partial charge in [-0.1, -0.05) is 50.0 Å². The second-order valence-corrected chi connectivity index (χ2v) is 14.5. The number of fused-ring (bicyclic) bond motifs is 2. The molecule has 4 rings (SSSR count). The van der Waals surface area contributed by atoms with Crippen molar-refractivity contribution in [1.82, 2.24) is 4.90 Å². The molecule has 4 N–H and O–H groups in total. The number of hydrogen-bond acceptors (Lipinski definition) is 10. The number of aliphatic hydroxyl groups excluding tert-OH is 3. The number of unbranched alkanes of at least 4 members (excludes halogenated alkanes) is 2. The highest BCUT2D eigenvalue weighted by Gasteiger charge is 2.43. The van der Waals surface area contributed by atoms with Crippen molar-refractivity contribution >= 4 is 33.5 Å². The molecular weight excluding hydrogens is 648 g/mol. The van der Waals surface area contributed by atoms with Crippen LogP contribution >= 0.6 is 0 Å². The topological polar surface area (TPSA) is 187 Å². The zero-order valence-corrected chi connectivity index (χ0v) is 28.9. The van der Waals surface area contributed by atoms with E-state index in [1.54, 1.807) is 10.8 Å². The van der Waals surface area contributed by atoms with E-state index in [4.69, 9.17) is 15.1 Å². The summed E-state index contributed by atoms with van der Waals surface area (Å²) in [6, 6.07) is 1.85. The first-order chi connectivity index (χ1) is 23.1. The zero-order chi connectivity index (χ0) is 36.0. The molecule has 1 unspecified atom stereocenters. The summed E-state index contributed by atoms with van der Waals surface area (Å²) in [5.41, 5.74) is 3.42. The fourth-order valence-electron chi connectivity index (χ4n) is 5.94. The Kier molecular flexibility index (Phi) is 11.8. The molecular formula is C36H42N4O8S. The Balaban J connectivity index is 1.65. The Labute approximate surface area is 287 Å². The lowest BCUT2D eigenvalue weighted by molar-refractivity contribution is -0.690. The predicted molar refractivity (Wildman–Crippen MR) is 184 cm³/mol. The molecule has 0 fully saturated rings. The van der Waals surface area contributed by atoms with Gasteiger partial charge in [-0.15, -0.1) is 0 Å². The van der Waals surface area contributed by atoms with Crippen LogP contribution in [0.25, 0.3) is 0 Å². The number of carbonyl (C=O) groups is 1. The van der Waals surface area contributed by atoms with Gasteiger partial charge < -0.3 is 29.9 Å². The minimum atomic E-state index is -4.66. The minimum Gasteiger partial charge on any atom is -0.748 e. The minimum absolute atomic E-state index is 0.126. The van der Waals surface area contributed by atoms with Gasteiger partial charge in [-0.05, 0) is 56.0 Å². The molecule has 1 aromatic rings. The maximum atomic E-state index is 11.3. The number of aromatic nitrogens is 1. The number of aliphatic imine (C=N–C) groups is 2. The summed E-state index contributed by atoms with van der Waals surface area (Å²) >= 11 is 0. The first kappa shape index (κ1) is 37.4. The van der Waals surface area contributed by atoms with Crippen LogP contribution in [0.5, 0.6) is 0 Å². The van der Waals surface area contributed by atoms with Crippen LogP contribution in [0.1, 0.15) is 64.5 Å². The second-order valence-electron chi connectivity index (χ2n) is 13.1. The molecule has 0 saturated carbocycles. The molecule has 12 nitrogen and oxygen atoms in total. The fourth-order valence-corrected chi connectivity index (χ4v) is 6.51. The number of carboxylic acids is 1. The van der Waals surface area contributed by atoms with Crippen molar-refractivity contribution in [1.29, 1.82) is 0 Å². The van der Waals surface area contributed by atoms with E-state index in [0.717, 1.165) is 41.1 Å². The summed E-state index contributed by atoms with van der Waals surface area (Å²) in [6.45, 7) is 7.91. The molecule has 0 radical (unpaired) electrons. The summed E-state index contributed by atoms with van der Waals surface area (Å²) in [6.07, 6.45) is 11.9. The third-order valence-corrected chi connectivity index (χ3v) is 9.31. The largest absolute Gasteiger partial charge is 0.748 e. The Bertz CT molecular complexity index is 1910. The standard InChI is InChI=1S/C36H42N4O8S/c1-35(2)28-19-25(11-9-17-41)21-39(16-7-5-6-15-32(44)45)33(28)37-30(35)13-8-14-31-36(3,4)29-20-26(12-10-18-42)22-40(34(29)38-31)23-27(43)24-49(46,47)48/h8,13-14,19-22,27,41-43H,5-7,15-18,23-24H2,1-4H3,(H-,44,45,46,47,48). The molecule has 49 heavy (non-hydrogen) atoms. The number of pyridine rings is 1. The number of hydrogen-bond donors (Lipinski definition) is 4. The molecule has 1 atom stereocenters. The van der Waals surface area contributed by atoms with Crippen LogP contribution in [-0.4, -0.2) is 87.4 Å². The molecule has 3 aliphatic rings. The molecule has 0 spiro atoms. The number of aliphatic hydroxyl groups is 3. The van der Waals surface area contributed by atoms with Crippen molar-refractivity contribution in [3.63, 3.8) is 0 Å². The van der Waals surface area contributed by atoms with Gasteiger partial charge in [0.25, 0.3) is 0 Å². The number of aliphatic carboxylic acids is 1. The molecule has 13 heteroatoms. The predicted octanol–water partition coefficient (Wildman–Crippen LogP) is 2.23. The molecule has 260 valence electrons.